The standard InChI is InChI=1S/C21H17ClF2N2O2S/c1-29(27,28)10-12-4-14(23)7-17-18(9-26-21(12)17)20(16-5-11(16)8-25)15-3-2-13(22)6-19(15)24/h2-4,6-7,9,11,16,20,26H,5,10H2,1H3. The molecule has 0 spiro atoms. The minimum absolute atomic E-state index is 0.115. The van der Waals surface area contributed by atoms with E-state index in [1.165, 1.54) is 18.2 Å². The highest BCUT2D eigenvalue weighted by atomic mass is 35.5. The molecule has 4 nitrogen and oxygen atoms in total. The first-order chi connectivity index (χ1) is 13.7. The molecular weight excluding hydrogens is 418 g/mol. The number of benzene rings is 2. The topological polar surface area (TPSA) is 73.7 Å². The smallest absolute Gasteiger partial charge is 0.151 e. The van der Waals surface area contributed by atoms with Crippen LogP contribution in [0, 0.1) is 34.8 Å². The van der Waals surface area contributed by atoms with Gasteiger partial charge in [-0.2, -0.15) is 5.26 Å². The third-order valence-electron chi connectivity index (χ3n) is 5.35. The first kappa shape index (κ1) is 19.9. The zero-order valence-electron chi connectivity index (χ0n) is 15.4. The van der Waals surface area contributed by atoms with Gasteiger partial charge in [0.2, 0.25) is 0 Å². The Bertz CT molecular complexity index is 1260. The van der Waals surface area contributed by atoms with Gasteiger partial charge in [-0.3, -0.25) is 0 Å². The van der Waals surface area contributed by atoms with E-state index in [1.807, 2.05) is 0 Å². The van der Waals surface area contributed by atoms with Gasteiger partial charge in [0.25, 0.3) is 0 Å². The molecular formula is C21H17ClF2N2O2S. The Morgan fingerprint density at radius 2 is 2.03 bits per heavy atom. The molecule has 0 saturated heterocycles. The predicted octanol–water partition coefficient (Wildman–Crippen LogP) is 4.94. The number of fused-ring (bicyclic) bond motifs is 1. The van der Waals surface area contributed by atoms with Crippen molar-refractivity contribution in [2.45, 2.75) is 18.1 Å². The zero-order chi connectivity index (χ0) is 20.9. The van der Waals surface area contributed by atoms with Crippen molar-refractivity contribution in [3.05, 3.63) is 69.9 Å². The number of nitriles is 1. The van der Waals surface area contributed by atoms with Crippen molar-refractivity contribution in [3.8, 4) is 6.07 Å². The van der Waals surface area contributed by atoms with Crippen LogP contribution in [0.4, 0.5) is 8.78 Å². The van der Waals surface area contributed by atoms with Gasteiger partial charge in [0.1, 0.15) is 11.6 Å². The van der Waals surface area contributed by atoms with E-state index in [0.717, 1.165) is 6.26 Å². The highest BCUT2D eigenvalue weighted by Gasteiger charge is 2.46. The summed E-state index contributed by atoms with van der Waals surface area (Å²) in [5.41, 5.74) is 1.84. The van der Waals surface area contributed by atoms with Crippen molar-refractivity contribution in [1.82, 2.24) is 4.98 Å². The molecule has 0 amide bonds. The minimum Gasteiger partial charge on any atom is -0.361 e. The lowest BCUT2D eigenvalue weighted by Crippen LogP contribution is -2.07. The van der Waals surface area contributed by atoms with Crippen LogP contribution in [-0.4, -0.2) is 19.7 Å². The van der Waals surface area contributed by atoms with Crippen LogP contribution in [-0.2, 0) is 15.6 Å². The second-order valence-corrected chi connectivity index (χ2v) is 10.2. The summed E-state index contributed by atoms with van der Waals surface area (Å²) in [6, 6.07) is 9.12. The van der Waals surface area contributed by atoms with Crippen molar-refractivity contribution in [2.75, 3.05) is 6.26 Å². The number of hydrogen-bond donors (Lipinski definition) is 1. The number of nitrogens with one attached hydrogen (secondary N) is 1. The summed E-state index contributed by atoms with van der Waals surface area (Å²) >= 11 is 5.89. The highest BCUT2D eigenvalue weighted by molar-refractivity contribution is 7.89. The summed E-state index contributed by atoms with van der Waals surface area (Å²) < 4.78 is 52.6. The normalized spacial score (nSPS) is 19.8. The maximum Gasteiger partial charge on any atom is 0.151 e. The molecule has 1 heterocycles. The van der Waals surface area contributed by atoms with Gasteiger partial charge in [-0.05, 0) is 53.3 Å². The average molecular weight is 435 g/mol. The molecule has 150 valence electrons. The van der Waals surface area contributed by atoms with Crippen LogP contribution in [0.3, 0.4) is 0 Å². The number of nitrogens with zero attached hydrogens (tertiary/aromatic N) is 1. The first-order valence-electron chi connectivity index (χ1n) is 8.99. The molecule has 4 rings (SSSR count). The number of rotatable bonds is 5. The van der Waals surface area contributed by atoms with Gasteiger partial charge in [0, 0.05) is 28.8 Å². The van der Waals surface area contributed by atoms with Crippen LogP contribution in [0.25, 0.3) is 10.9 Å². The number of hydrogen-bond acceptors (Lipinski definition) is 3. The molecule has 0 aliphatic heterocycles. The molecule has 1 saturated carbocycles. The van der Waals surface area contributed by atoms with Gasteiger partial charge in [-0.25, -0.2) is 17.2 Å². The Balaban J connectivity index is 1.91. The molecule has 1 N–H and O–H groups in total. The van der Waals surface area contributed by atoms with Crippen LogP contribution in [0.5, 0.6) is 0 Å². The third-order valence-corrected chi connectivity index (χ3v) is 6.42. The van der Waals surface area contributed by atoms with Gasteiger partial charge < -0.3 is 4.98 Å². The molecule has 1 aliphatic carbocycles. The molecule has 8 heteroatoms. The average Bonchev–Trinajstić information content (AvgIpc) is 3.27. The maximum atomic E-state index is 14.8. The van der Waals surface area contributed by atoms with Crippen molar-refractivity contribution < 1.29 is 17.2 Å². The molecule has 0 bridgehead atoms. The quantitative estimate of drug-likeness (QED) is 0.618. The molecule has 1 aliphatic rings. The van der Waals surface area contributed by atoms with E-state index in [0.29, 0.717) is 34.0 Å². The van der Waals surface area contributed by atoms with E-state index in [1.54, 1.807) is 18.3 Å². The van der Waals surface area contributed by atoms with Crippen molar-refractivity contribution in [2.24, 2.45) is 11.8 Å². The molecule has 1 fully saturated rings. The van der Waals surface area contributed by atoms with E-state index >= 15 is 0 Å². The van der Waals surface area contributed by atoms with E-state index in [2.05, 4.69) is 11.1 Å². The lowest BCUT2D eigenvalue weighted by molar-refractivity contribution is 0.574. The first-order valence-corrected chi connectivity index (χ1v) is 11.4. The lowest BCUT2D eigenvalue weighted by Gasteiger charge is -2.18. The Morgan fingerprint density at radius 3 is 2.66 bits per heavy atom. The monoisotopic (exact) mass is 434 g/mol. The third kappa shape index (κ3) is 3.87. The van der Waals surface area contributed by atoms with Gasteiger partial charge in [0.05, 0.1) is 23.3 Å². The fourth-order valence-electron chi connectivity index (χ4n) is 4.06. The Labute approximate surface area is 172 Å². The summed E-state index contributed by atoms with van der Waals surface area (Å²) in [7, 11) is -3.38. The SMILES string of the molecule is CS(=O)(=O)Cc1cc(F)cc2c(C(c3ccc(Cl)cc3F)C3CC3C#N)c[nH]c12. The minimum atomic E-state index is -3.38. The van der Waals surface area contributed by atoms with E-state index < -0.39 is 27.4 Å². The number of halogens is 3. The molecule has 3 atom stereocenters. The summed E-state index contributed by atoms with van der Waals surface area (Å²) in [5.74, 6) is -2.18. The summed E-state index contributed by atoms with van der Waals surface area (Å²) in [6.07, 6.45) is 3.35. The van der Waals surface area contributed by atoms with Crippen LogP contribution >= 0.6 is 11.6 Å². The van der Waals surface area contributed by atoms with Crippen molar-refractivity contribution in [1.29, 1.82) is 5.26 Å². The van der Waals surface area contributed by atoms with E-state index in [9.17, 15) is 22.5 Å². The van der Waals surface area contributed by atoms with Crippen LogP contribution < -0.4 is 0 Å². The molecule has 1 aromatic heterocycles. The molecule has 2 aromatic carbocycles. The zero-order valence-corrected chi connectivity index (χ0v) is 17.0. The largest absolute Gasteiger partial charge is 0.361 e. The number of aromatic nitrogens is 1. The lowest BCUT2D eigenvalue weighted by atomic mass is 9.85. The van der Waals surface area contributed by atoms with Gasteiger partial charge in [-0.15, -0.1) is 0 Å². The summed E-state index contributed by atoms with van der Waals surface area (Å²) in [6.45, 7) is 0. The van der Waals surface area contributed by atoms with Crippen LogP contribution in [0.15, 0.2) is 36.5 Å². The molecule has 3 aromatic rings. The fraction of sp³-hybridized carbons (Fsp3) is 0.286. The molecule has 0 radical (unpaired) electrons. The van der Waals surface area contributed by atoms with Crippen molar-refractivity contribution in [3.63, 3.8) is 0 Å². The Morgan fingerprint density at radius 1 is 1.28 bits per heavy atom. The number of aromatic amines is 1. The fourth-order valence-corrected chi connectivity index (χ4v) is 5.01. The summed E-state index contributed by atoms with van der Waals surface area (Å²) in [5, 5.41) is 10.1. The van der Waals surface area contributed by atoms with Gasteiger partial charge in [-0.1, -0.05) is 17.7 Å². The second-order valence-electron chi connectivity index (χ2n) is 7.58. The van der Waals surface area contributed by atoms with Crippen molar-refractivity contribution >= 4 is 32.3 Å². The van der Waals surface area contributed by atoms with Gasteiger partial charge in [0.15, 0.2) is 9.84 Å². The molecule has 3 unspecified atom stereocenters. The van der Waals surface area contributed by atoms with E-state index in [-0.39, 0.29) is 22.6 Å². The van der Waals surface area contributed by atoms with Crippen LogP contribution in [0.1, 0.15) is 29.0 Å². The number of sulfone groups is 1. The maximum absolute atomic E-state index is 14.8. The Hall–Kier alpha value is -2.43. The highest BCUT2D eigenvalue weighted by Crippen LogP contribution is 2.53. The van der Waals surface area contributed by atoms with Crippen LogP contribution in [0.2, 0.25) is 5.02 Å². The number of H-pyrrole nitrogens is 1. The molecule has 29 heavy (non-hydrogen) atoms. The van der Waals surface area contributed by atoms with E-state index in [4.69, 9.17) is 11.6 Å². The summed E-state index contributed by atoms with van der Waals surface area (Å²) in [4.78, 5) is 3.04. The van der Waals surface area contributed by atoms with Gasteiger partial charge >= 0.3 is 0 Å². The second kappa shape index (κ2) is 7.12. The Kier molecular flexibility index (Phi) is 4.88. The predicted molar refractivity (Wildman–Crippen MR) is 107 cm³/mol.